The lowest BCUT2D eigenvalue weighted by atomic mass is 9.57. The average Bonchev–Trinajstić information content (AvgIpc) is 2.97. The Morgan fingerprint density at radius 2 is 2.12 bits per heavy atom. The first-order chi connectivity index (χ1) is 10.9. The highest BCUT2D eigenvalue weighted by Crippen LogP contribution is 2.52. The van der Waals surface area contributed by atoms with Gasteiger partial charge in [-0.05, 0) is 24.6 Å². The molecule has 1 heterocycles. The fourth-order valence-corrected chi connectivity index (χ4v) is 3.82. The highest BCUT2D eigenvalue weighted by Gasteiger charge is 2.59. The normalized spacial score (nSPS) is 27.7. The van der Waals surface area contributed by atoms with Crippen molar-refractivity contribution in [2.75, 3.05) is 13.7 Å². The molecule has 3 rings (SSSR count). The maximum Gasteiger partial charge on any atom is 0.191 e. The number of ether oxygens (including phenoxy) is 1. The molecule has 3 atom stereocenters. The van der Waals surface area contributed by atoms with E-state index in [1.54, 1.807) is 7.05 Å². The molecule has 2 N–H and O–H groups in total. The summed E-state index contributed by atoms with van der Waals surface area (Å²) in [6, 6.07) is 3.71. The Kier molecular flexibility index (Phi) is 6.06. The number of guanidine groups is 1. The summed E-state index contributed by atoms with van der Waals surface area (Å²) in [5.74, 6) is 0.200. The van der Waals surface area contributed by atoms with Crippen molar-refractivity contribution < 1.29 is 13.5 Å². The quantitative estimate of drug-likeness (QED) is 0.422. The summed E-state index contributed by atoms with van der Waals surface area (Å²) in [5, 5.41) is 6.47. The highest BCUT2D eigenvalue weighted by atomic mass is 127. The molecule has 1 aromatic carbocycles. The van der Waals surface area contributed by atoms with Gasteiger partial charge >= 0.3 is 0 Å². The van der Waals surface area contributed by atoms with E-state index in [9.17, 15) is 8.78 Å². The second-order valence-electron chi connectivity index (χ2n) is 6.85. The van der Waals surface area contributed by atoms with Crippen molar-refractivity contribution in [3.63, 3.8) is 0 Å². The Balaban J connectivity index is 0.00000208. The van der Waals surface area contributed by atoms with Gasteiger partial charge in [-0.15, -0.1) is 24.0 Å². The van der Waals surface area contributed by atoms with Crippen LogP contribution in [0.3, 0.4) is 0 Å². The topological polar surface area (TPSA) is 45.7 Å². The van der Waals surface area contributed by atoms with Crippen LogP contribution in [-0.2, 0) is 11.3 Å². The molecule has 7 heteroatoms. The minimum absolute atomic E-state index is 0. The van der Waals surface area contributed by atoms with Crippen LogP contribution >= 0.6 is 24.0 Å². The van der Waals surface area contributed by atoms with Crippen molar-refractivity contribution >= 4 is 29.9 Å². The van der Waals surface area contributed by atoms with Gasteiger partial charge in [0.25, 0.3) is 0 Å². The molecule has 1 saturated heterocycles. The SMILES string of the molecule is CN=C(NCc1cc(F)ccc1F)NC1C2CCOC2C1(C)C.I. The van der Waals surface area contributed by atoms with Crippen molar-refractivity contribution in [3.05, 3.63) is 35.4 Å². The fourth-order valence-electron chi connectivity index (χ4n) is 3.82. The molecule has 1 saturated carbocycles. The molecule has 0 amide bonds. The summed E-state index contributed by atoms with van der Waals surface area (Å²) in [6.45, 7) is 5.34. The minimum Gasteiger partial charge on any atom is -0.377 e. The molecular formula is C17H24F2IN3O. The van der Waals surface area contributed by atoms with Gasteiger partial charge < -0.3 is 15.4 Å². The van der Waals surface area contributed by atoms with E-state index >= 15 is 0 Å². The Bertz CT molecular complexity index is 624. The van der Waals surface area contributed by atoms with Crippen molar-refractivity contribution in [3.8, 4) is 0 Å². The van der Waals surface area contributed by atoms with E-state index in [1.807, 2.05) is 0 Å². The van der Waals surface area contributed by atoms with Gasteiger partial charge in [0.2, 0.25) is 0 Å². The molecule has 0 radical (unpaired) electrons. The van der Waals surface area contributed by atoms with Crippen LogP contribution in [0.1, 0.15) is 25.8 Å². The average molecular weight is 451 g/mol. The molecule has 2 fully saturated rings. The predicted molar refractivity (Wildman–Crippen MR) is 101 cm³/mol. The standard InChI is InChI=1S/C17H23F2N3O.HI/c1-17(2)14(12-6-7-23-15(12)17)22-16(20-3)21-9-10-8-11(18)4-5-13(10)19;/h4-5,8,12,14-15H,6-7,9H2,1-3H3,(H2,20,21,22);1H. The summed E-state index contributed by atoms with van der Waals surface area (Å²) in [4.78, 5) is 4.19. The van der Waals surface area contributed by atoms with Crippen LogP contribution in [0.4, 0.5) is 8.78 Å². The minimum atomic E-state index is -0.447. The maximum atomic E-state index is 13.7. The Morgan fingerprint density at radius 3 is 2.83 bits per heavy atom. The smallest absolute Gasteiger partial charge is 0.191 e. The Morgan fingerprint density at radius 1 is 1.38 bits per heavy atom. The summed E-state index contributed by atoms with van der Waals surface area (Å²) in [7, 11) is 1.67. The number of fused-ring (bicyclic) bond motifs is 1. The van der Waals surface area contributed by atoms with Gasteiger partial charge in [0.1, 0.15) is 11.6 Å². The third-order valence-corrected chi connectivity index (χ3v) is 5.07. The van der Waals surface area contributed by atoms with E-state index in [4.69, 9.17) is 4.74 Å². The van der Waals surface area contributed by atoms with Crippen LogP contribution in [0.5, 0.6) is 0 Å². The van der Waals surface area contributed by atoms with Crippen LogP contribution in [-0.4, -0.2) is 31.8 Å². The number of nitrogens with zero attached hydrogens (tertiary/aromatic N) is 1. The zero-order valence-corrected chi connectivity index (χ0v) is 16.4. The fraction of sp³-hybridized carbons (Fsp3) is 0.588. The van der Waals surface area contributed by atoms with Crippen LogP contribution in [0.25, 0.3) is 0 Å². The number of aliphatic imine (C=N–C) groups is 1. The van der Waals surface area contributed by atoms with Gasteiger partial charge in [0, 0.05) is 43.1 Å². The number of benzene rings is 1. The molecule has 134 valence electrons. The molecule has 1 aliphatic heterocycles. The summed E-state index contributed by atoms with van der Waals surface area (Å²) >= 11 is 0. The van der Waals surface area contributed by atoms with E-state index in [-0.39, 0.29) is 47.5 Å². The molecule has 2 aliphatic rings. The second-order valence-corrected chi connectivity index (χ2v) is 6.85. The van der Waals surface area contributed by atoms with Crippen molar-refractivity contribution in [1.29, 1.82) is 0 Å². The Hall–Kier alpha value is -0.960. The number of hydrogen-bond acceptors (Lipinski definition) is 2. The zero-order chi connectivity index (χ0) is 16.6. The van der Waals surface area contributed by atoms with Gasteiger partial charge in [-0.3, -0.25) is 4.99 Å². The molecule has 24 heavy (non-hydrogen) atoms. The van der Waals surface area contributed by atoms with Gasteiger partial charge in [-0.25, -0.2) is 8.78 Å². The number of hydrogen-bond donors (Lipinski definition) is 2. The van der Waals surface area contributed by atoms with Crippen molar-refractivity contribution in [2.45, 2.75) is 39.0 Å². The van der Waals surface area contributed by atoms with E-state index < -0.39 is 11.6 Å². The zero-order valence-electron chi connectivity index (χ0n) is 14.1. The highest BCUT2D eigenvalue weighted by molar-refractivity contribution is 14.0. The first kappa shape index (κ1) is 19.4. The van der Waals surface area contributed by atoms with Gasteiger partial charge in [-0.1, -0.05) is 13.8 Å². The molecule has 0 aromatic heterocycles. The number of nitrogens with one attached hydrogen (secondary N) is 2. The summed E-state index contributed by atoms with van der Waals surface area (Å²) < 4.78 is 32.7. The number of rotatable bonds is 3. The lowest BCUT2D eigenvalue weighted by Crippen LogP contribution is -2.67. The van der Waals surface area contributed by atoms with Gasteiger partial charge in [0.05, 0.1) is 6.10 Å². The van der Waals surface area contributed by atoms with Gasteiger partial charge in [0.15, 0.2) is 5.96 Å². The lowest BCUT2D eigenvalue weighted by Gasteiger charge is -2.54. The maximum absolute atomic E-state index is 13.7. The van der Waals surface area contributed by atoms with Crippen LogP contribution < -0.4 is 10.6 Å². The van der Waals surface area contributed by atoms with E-state index in [0.717, 1.165) is 25.2 Å². The molecule has 0 spiro atoms. The number of halogens is 3. The molecule has 4 nitrogen and oxygen atoms in total. The van der Waals surface area contributed by atoms with Crippen LogP contribution in [0, 0.1) is 23.0 Å². The van der Waals surface area contributed by atoms with E-state index in [1.165, 1.54) is 6.07 Å². The molecule has 0 bridgehead atoms. The monoisotopic (exact) mass is 451 g/mol. The second kappa shape index (κ2) is 7.51. The van der Waals surface area contributed by atoms with Crippen molar-refractivity contribution in [1.82, 2.24) is 10.6 Å². The lowest BCUT2D eigenvalue weighted by molar-refractivity contribution is -0.106. The first-order valence-corrected chi connectivity index (χ1v) is 7.96. The van der Waals surface area contributed by atoms with E-state index in [0.29, 0.717) is 18.0 Å². The molecule has 3 unspecified atom stereocenters. The van der Waals surface area contributed by atoms with E-state index in [2.05, 4.69) is 29.5 Å². The predicted octanol–water partition coefficient (Wildman–Crippen LogP) is 3.06. The largest absolute Gasteiger partial charge is 0.377 e. The third kappa shape index (κ3) is 3.51. The Labute approximate surface area is 158 Å². The van der Waals surface area contributed by atoms with Crippen molar-refractivity contribution in [2.24, 2.45) is 16.3 Å². The third-order valence-electron chi connectivity index (χ3n) is 5.07. The molecular weight excluding hydrogens is 427 g/mol. The summed E-state index contributed by atoms with van der Waals surface area (Å²) in [5.41, 5.74) is 0.311. The van der Waals surface area contributed by atoms with Gasteiger partial charge in [-0.2, -0.15) is 0 Å². The summed E-state index contributed by atoms with van der Waals surface area (Å²) in [6.07, 6.45) is 1.33. The van der Waals surface area contributed by atoms with Crippen LogP contribution in [0.15, 0.2) is 23.2 Å². The van der Waals surface area contributed by atoms with Crippen LogP contribution in [0.2, 0.25) is 0 Å². The molecule has 1 aliphatic carbocycles. The molecule has 1 aromatic rings. The first-order valence-electron chi connectivity index (χ1n) is 7.96.